The van der Waals surface area contributed by atoms with Crippen LogP contribution in [0.25, 0.3) is 0 Å². The first kappa shape index (κ1) is 12.2. The fraction of sp³-hybridized carbons (Fsp3) is 0.333. The lowest BCUT2D eigenvalue weighted by Gasteiger charge is -1.92. The van der Waals surface area contributed by atoms with E-state index in [9.17, 15) is 4.79 Å². The average Bonchev–Trinajstić information content (AvgIpc) is 2.32. The van der Waals surface area contributed by atoms with Crippen molar-refractivity contribution in [3.63, 3.8) is 0 Å². The summed E-state index contributed by atoms with van der Waals surface area (Å²) >= 11 is 0. The molecular weight excluding hydrogens is 279 g/mol. The van der Waals surface area contributed by atoms with E-state index in [-0.39, 0.29) is 29.8 Å². The number of hydrogen-bond donors (Lipinski definition) is 0. The van der Waals surface area contributed by atoms with E-state index in [1.54, 1.807) is 23.9 Å². The molecular formula is C9H11IN2O. The van der Waals surface area contributed by atoms with Crippen molar-refractivity contribution in [1.82, 2.24) is 4.57 Å². The molecule has 0 spiro atoms. The maximum atomic E-state index is 10.8. The van der Waals surface area contributed by atoms with Gasteiger partial charge in [0.1, 0.15) is 25.0 Å². The van der Waals surface area contributed by atoms with Gasteiger partial charge in [-0.25, -0.2) is 4.57 Å². The van der Waals surface area contributed by atoms with Crippen molar-refractivity contribution in [1.29, 1.82) is 0 Å². The largest absolute Gasteiger partial charge is 1.00 e. The topological polar surface area (TPSA) is 25.9 Å². The van der Waals surface area contributed by atoms with Gasteiger partial charge < -0.3 is 24.0 Å². The van der Waals surface area contributed by atoms with Crippen molar-refractivity contribution < 1.29 is 33.3 Å². The van der Waals surface area contributed by atoms with Crippen LogP contribution in [0.5, 0.6) is 0 Å². The molecule has 0 bridgehead atoms. The Bertz CT molecular complexity index is 349. The van der Waals surface area contributed by atoms with Crippen LogP contribution in [0.1, 0.15) is 12.7 Å². The monoisotopic (exact) mass is 290 g/mol. The molecule has 1 rings (SSSR count). The van der Waals surface area contributed by atoms with Crippen molar-refractivity contribution in [3.8, 4) is 12.5 Å². The molecule has 0 saturated heterocycles. The lowest BCUT2D eigenvalue weighted by Crippen LogP contribution is -3.00. The molecule has 0 fully saturated rings. The van der Waals surface area contributed by atoms with Crippen molar-refractivity contribution in [2.45, 2.75) is 20.4 Å². The summed E-state index contributed by atoms with van der Waals surface area (Å²) in [5.41, 5.74) is 0. The molecule has 1 heterocycles. The molecule has 0 aromatic carbocycles. The van der Waals surface area contributed by atoms with Crippen molar-refractivity contribution >= 4 is 5.78 Å². The zero-order chi connectivity index (χ0) is 9.14. The standard InChI is InChI=1S/C9H11N2O.HI/c1-4-10-5-6-11(9(10)3)7-8(2)12;/h1,5-6H,7H2,2-3H3;1H/q+1;/p-1. The van der Waals surface area contributed by atoms with Crippen molar-refractivity contribution in [3.05, 3.63) is 18.2 Å². The molecule has 4 heteroatoms. The minimum atomic E-state index is 0. The van der Waals surface area contributed by atoms with E-state index in [2.05, 4.69) is 6.04 Å². The van der Waals surface area contributed by atoms with Gasteiger partial charge in [-0.15, -0.1) is 0 Å². The molecule has 0 saturated carbocycles. The van der Waals surface area contributed by atoms with Crippen molar-refractivity contribution in [2.75, 3.05) is 0 Å². The molecule has 0 aliphatic heterocycles. The number of Topliss-reactive ketones (excluding diaryl/α,β-unsaturated/α-hetero) is 1. The predicted octanol–water partition coefficient (Wildman–Crippen LogP) is -2.88. The van der Waals surface area contributed by atoms with Crippen LogP contribution in [0.4, 0.5) is 0 Å². The second-order valence-corrected chi connectivity index (χ2v) is 2.67. The summed E-state index contributed by atoms with van der Waals surface area (Å²) in [4.78, 5) is 10.8. The number of halogens is 1. The van der Waals surface area contributed by atoms with E-state index < -0.39 is 0 Å². The van der Waals surface area contributed by atoms with Gasteiger partial charge in [-0.1, -0.05) is 6.42 Å². The van der Waals surface area contributed by atoms with Gasteiger partial charge in [0, 0.05) is 6.92 Å². The molecule has 0 N–H and O–H groups in total. The Labute approximate surface area is 94.8 Å². The number of hydrogen-bond acceptors (Lipinski definition) is 1. The van der Waals surface area contributed by atoms with Gasteiger partial charge in [-0.05, 0) is 6.92 Å². The zero-order valence-corrected chi connectivity index (χ0v) is 9.78. The third-order valence-electron chi connectivity index (χ3n) is 1.69. The van der Waals surface area contributed by atoms with Crippen molar-refractivity contribution in [2.24, 2.45) is 0 Å². The predicted molar refractivity (Wildman–Crippen MR) is 44.3 cm³/mol. The first-order valence-corrected chi connectivity index (χ1v) is 3.68. The highest BCUT2D eigenvalue weighted by atomic mass is 127. The number of ketones is 1. The fourth-order valence-electron chi connectivity index (χ4n) is 1.04. The van der Waals surface area contributed by atoms with E-state index in [0.29, 0.717) is 6.54 Å². The van der Waals surface area contributed by atoms with Crippen LogP contribution >= 0.6 is 0 Å². The Balaban J connectivity index is 0.00000144. The summed E-state index contributed by atoms with van der Waals surface area (Å²) in [6, 6.07) is 2.47. The molecule has 13 heavy (non-hydrogen) atoms. The summed E-state index contributed by atoms with van der Waals surface area (Å²) < 4.78 is 3.46. The number of imidazole rings is 1. The van der Waals surface area contributed by atoms with E-state index in [0.717, 1.165) is 5.82 Å². The quantitative estimate of drug-likeness (QED) is 0.326. The van der Waals surface area contributed by atoms with Crippen LogP contribution in [0, 0.1) is 19.4 Å². The number of rotatable bonds is 2. The number of carbonyl (C=O) groups excluding carboxylic acids is 1. The summed E-state index contributed by atoms with van der Waals surface area (Å²) in [6.45, 7) is 3.82. The molecule has 0 aliphatic rings. The third-order valence-corrected chi connectivity index (χ3v) is 1.69. The molecule has 0 unspecified atom stereocenters. The molecule has 3 nitrogen and oxygen atoms in total. The van der Waals surface area contributed by atoms with Gasteiger partial charge in [0.2, 0.25) is 0 Å². The third kappa shape index (κ3) is 2.84. The number of carbonyl (C=O) groups is 1. The minimum absolute atomic E-state index is 0. The van der Waals surface area contributed by atoms with Gasteiger partial charge in [-0.2, -0.15) is 4.57 Å². The van der Waals surface area contributed by atoms with Crippen LogP contribution in [0.2, 0.25) is 0 Å². The Morgan fingerprint density at radius 2 is 2.38 bits per heavy atom. The zero-order valence-electron chi connectivity index (χ0n) is 7.62. The van der Waals surface area contributed by atoms with Gasteiger partial charge in [-0.3, -0.25) is 4.79 Å². The maximum absolute atomic E-state index is 10.8. The fourth-order valence-corrected chi connectivity index (χ4v) is 1.04. The first-order chi connectivity index (χ1) is 5.65. The summed E-state index contributed by atoms with van der Waals surface area (Å²) in [5, 5.41) is 0. The van der Waals surface area contributed by atoms with E-state index in [4.69, 9.17) is 6.42 Å². The van der Waals surface area contributed by atoms with Crippen LogP contribution < -0.4 is 28.5 Å². The molecule has 0 aliphatic carbocycles. The first-order valence-electron chi connectivity index (χ1n) is 3.68. The second-order valence-electron chi connectivity index (χ2n) is 2.67. The molecule has 70 valence electrons. The van der Waals surface area contributed by atoms with Gasteiger partial charge in [0.15, 0.2) is 5.78 Å². The highest BCUT2D eigenvalue weighted by Crippen LogP contribution is 1.92. The summed E-state index contributed by atoms with van der Waals surface area (Å²) in [5.74, 6) is 1.02. The Morgan fingerprint density at radius 1 is 1.77 bits per heavy atom. The normalized spacial score (nSPS) is 8.69. The molecule has 1 aromatic rings. The number of aromatic nitrogens is 2. The van der Waals surface area contributed by atoms with Crippen LogP contribution in [0.3, 0.4) is 0 Å². The van der Waals surface area contributed by atoms with Crippen LogP contribution in [0.15, 0.2) is 12.4 Å². The summed E-state index contributed by atoms with van der Waals surface area (Å²) in [6.07, 6.45) is 8.77. The highest BCUT2D eigenvalue weighted by molar-refractivity contribution is 5.75. The smallest absolute Gasteiger partial charge is 0.267 e. The number of nitrogens with zero attached hydrogens (tertiary/aromatic N) is 2. The van der Waals surface area contributed by atoms with E-state index in [1.807, 2.05) is 11.5 Å². The number of terminal acetylenes is 1. The SMILES string of the molecule is C#C[n+]1ccn(CC(C)=O)c1C.[I-]. The maximum Gasteiger partial charge on any atom is 0.267 e. The lowest BCUT2D eigenvalue weighted by molar-refractivity contribution is -0.590. The van der Waals surface area contributed by atoms with E-state index in [1.165, 1.54) is 0 Å². The Kier molecular flexibility index (Phi) is 4.70. The molecule has 0 amide bonds. The Morgan fingerprint density at radius 3 is 2.77 bits per heavy atom. The highest BCUT2D eigenvalue weighted by Gasteiger charge is 2.11. The summed E-state index contributed by atoms with van der Waals surface area (Å²) in [7, 11) is 0. The minimum Gasteiger partial charge on any atom is -1.00 e. The van der Waals surface area contributed by atoms with Gasteiger partial charge in [0.25, 0.3) is 5.82 Å². The van der Waals surface area contributed by atoms with Crippen LogP contribution in [-0.4, -0.2) is 10.4 Å². The average molecular weight is 290 g/mol. The molecule has 0 atom stereocenters. The molecule has 0 radical (unpaired) electrons. The van der Waals surface area contributed by atoms with Crippen LogP contribution in [-0.2, 0) is 11.3 Å². The molecule has 1 aromatic heterocycles. The lowest BCUT2D eigenvalue weighted by atomic mass is 10.4. The van der Waals surface area contributed by atoms with Gasteiger partial charge in [0.05, 0.1) is 0 Å². The van der Waals surface area contributed by atoms with Gasteiger partial charge >= 0.3 is 0 Å². The van der Waals surface area contributed by atoms with E-state index >= 15 is 0 Å². The second kappa shape index (κ2) is 5.02. The Hall–Kier alpha value is -0.830.